The van der Waals surface area contributed by atoms with Crippen LogP contribution in [0.25, 0.3) is 10.9 Å². The fraction of sp³-hybridized carbons (Fsp3) is 0.200. The number of fused-ring (bicyclic) bond motifs is 5. The molecule has 3 heterocycles. The number of benzene rings is 2. The van der Waals surface area contributed by atoms with Crippen LogP contribution in [0.1, 0.15) is 27.7 Å². The van der Waals surface area contributed by atoms with Crippen molar-refractivity contribution in [1.82, 2.24) is 9.88 Å². The Labute approximate surface area is 149 Å². The van der Waals surface area contributed by atoms with Crippen LogP contribution in [-0.4, -0.2) is 23.0 Å². The molecule has 3 aromatic rings. The molecule has 1 amide bonds. The van der Waals surface area contributed by atoms with Crippen molar-refractivity contribution in [2.24, 2.45) is 0 Å². The number of hydrogen-bond donors (Lipinski definition) is 1. The monoisotopic (exact) mass is 348 g/mol. The molecule has 2 atom stereocenters. The van der Waals surface area contributed by atoms with E-state index in [2.05, 4.69) is 9.88 Å². The van der Waals surface area contributed by atoms with Gasteiger partial charge in [-0.3, -0.25) is 4.79 Å². The van der Waals surface area contributed by atoms with Gasteiger partial charge in [0.15, 0.2) is 6.10 Å². The van der Waals surface area contributed by atoms with Crippen LogP contribution in [0.2, 0.25) is 0 Å². The van der Waals surface area contributed by atoms with Gasteiger partial charge in [-0.15, -0.1) is 0 Å². The number of aldehydes is 1. The molecular weight excluding hydrogens is 332 g/mol. The Balaban J connectivity index is 1.56. The van der Waals surface area contributed by atoms with Crippen molar-refractivity contribution in [2.75, 3.05) is 0 Å². The van der Waals surface area contributed by atoms with Crippen molar-refractivity contribution in [3.63, 3.8) is 0 Å². The number of rotatable bonds is 4. The summed E-state index contributed by atoms with van der Waals surface area (Å²) in [6, 6.07) is 15.4. The minimum atomic E-state index is -0.384. The normalized spacial score (nSPS) is 20.4. The molecule has 1 aromatic heterocycles. The summed E-state index contributed by atoms with van der Waals surface area (Å²) < 4.78 is 13.5. The fourth-order valence-electron chi connectivity index (χ4n) is 3.79. The van der Waals surface area contributed by atoms with E-state index >= 15 is 0 Å². The van der Waals surface area contributed by atoms with Gasteiger partial charge in [0.25, 0.3) is 0 Å². The third-order valence-corrected chi connectivity index (χ3v) is 4.98. The minimum absolute atomic E-state index is 0.0597. The highest BCUT2D eigenvalue weighted by Gasteiger charge is 2.43. The van der Waals surface area contributed by atoms with E-state index in [0.717, 1.165) is 28.4 Å². The molecule has 0 radical (unpaired) electrons. The van der Waals surface area contributed by atoms with Crippen LogP contribution >= 0.6 is 0 Å². The predicted octanol–water partition coefficient (Wildman–Crippen LogP) is 3.20. The van der Waals surface area contributed by atoms with E-state index in [-0.39, 0.29) is 18.2 Å². The van der Waals surface area contributed by atoms with Gasteiger partial charge in [0.1, 0.15) is 18.6 Å². The molecule has 0 unspecified atom stereocenters. The van der Waals surface area contributed by atoms with Crippen LogP contribution in [0.15, 0.2) is 48.5 Å². The Morgan fingerprint density at radius 2 is 2.08 bits per heavy atom. The minimum Gasteiger partial charge on any atom is -0.488 e. The Bertz CT molecular complexity index is 1030. The van der Waals surface area contributed by atoms with Gasteiger partial charge in [-0.2, -0.15) is 0 Å². The molecule has 0 bridgehead atoms. The first kappa shape index (κ1) is 15.0. The lowest BCUT2D eigenvalue weighted by molar-refractivity contribution is 0.112. The zero-order chi connectivity index (χ0) is 17.7. The summed E-state index contributed by atoms with van der Waals surface area (Å²) in [5.41, 5.74) is 3.46. The second-order valence-corrected chi connectivity index (χ2v) is 6.60. The fourth-order valence-corrected chi connectivity index (χ4v) is 3.79. The van der Waals surface area contributed by atoms with Crippen molar-refractivity contribution in [3.05, 3.63) is 65.4 Å². The Hall–Kier alpha value is -3.28. The summed E-state index contributed by atoms with van der Waals surface area (Å²) in [6.45, 7) is 1.04. The Kier molecular flexibility index (Phi) is 3.25. The van der Waals surface area contributed by atoms with Crippen LogP contribution in [0.3, 0.4) is 0 Å². The van der Waals surface area contributed by atoms with Crippen LogP contribution in [0.5, 0.6) is 5.75 Å². The summed E-state index contributed by atoms with van der Waals surface area (Å²) in [5.74, 6) is 0.657. The van der Waals surface area contributed by atoms with Crippen molar-refractivity contribution < 1.29 is 19.1 Å². The number of carbonyl (C=O) groups excluding carboxylic acids is 2. The maximum Gasteiger partial charge on any atom is 0.408 e. The summed E-state index contributed by atoms with van der Waals surface area (Å²) >= 11 is 0. The molecule has 6 nitrogen and oxygen atoms in total. The van der Waals surface area contributed by atoms with Crippen LogP contribution < -0.4 is 10.1 Å². The number of aromatic nitrogens is 1. The molecule has 0 saturated carbocycles. The summed E-state index contributed by atoms with van der Waals surface area (Å²) in [5, 5.41) is 3.74. The van der Waals surface area contributed by atoms with Gasteiger partial charge >= 0.3 is 6.09 Å². The highest BCUT2D eigenvalue weighted by Crippen LogP contribution is 2.41. The third-order valence-electron chi connectivity index (χ3n) is 4.98. The number of carbonyl (C=O) groups is 2. The maximum absolute atomic E-state index is 11.5. The summed E-state index contributed by atoms with van der Waals surface area (Å²) in [7, 11) is 0. The second kappa shape index (κ2) is 5.62. The molecule has 1 N–H and O–H groups in total. The number of amides is 1. The van der Waals surface area contributed by atoms with E-state index < -0.39 is 0 Å². The van der Waals surface area contributed by atoms with Gasteiger partial charge in [0.2, 0.25) is 0 Å². The zero-order valence-corrected chi connectivity index (χ0v) is 13.8. The number of ether oxygens (including phenoxy) is 2. The number of nitrogens with zero attached hydrogens (tertiary/aromatic N) is 1. The van der Waals surface area contributed by atoms with Gasteiger partial charge in [0.05, 0.1) is 17.3 Å². The summed E-state index contributed by atoms with van der Waals surface area (Å²) in [6.07, 6.45) is 0.144. The molecule has 1 fully saturated rings. The van der Waals surface area contributed by atoms with E-state index in [1.165, 1.54) is 0 Å². The molecule has 2 aliphatic heterocycles. The number of alkyl carbamates (subject to hydrolysis) is 1. The average Bonchev–Trinajstić information content (AvgIpc) is 3.29. The third kappa shape index (κ3) is 2.26. The largest absolute Gasteiger partial charge is 0.488 e. The van der Waals surface area contributed by atoms with Crippen LogP contribution in [0, 0.1) is 0 Å². The lowest BCUT2D eigenvalue weighted by Gasteiger charge is -2.10. The van der Waals surface area contributed by atoms with Gasteiger partial charge in [0, 0.05) is 17.5 Å². The quantitative estimate of drug-likeness (QED) is 0.735. The molecule has 2 aliphatic rings. The maximum atomic E-state index is 11.5. The highest BCUT2D eigenvalue weighted by atomic mass is 16.6. The molecule has 26 heavy (non-hydrogen) atoms. The van der Waals surface area contributed by atoms with Gasteiger partial charge < -0.3 is 19.4 Å². The van der Waals surface area contributed by atoms with Crippen molar-refractivity contribution in [1.29, 1.82) is 0 Å². The molecule has 0 spiro atoms. The number of hydrogen-bond acceptors (Lipinski definition) is 4. The molecule has 130 valence electrons. The van der Waals surface area contributed by atoms with E-state index in [9.17, 15) is 9.59 Å². The Morgan fingerprint density at radius 1 is 1.23 bits per heavy atom. The first-order chi connectivity index (χ1) is 12.7. The zero-order valence-electron chi connectivity index (χ0n) is 13.8. The first-order valence-corrected chi connectivity index (χ1v) is 8.49. The molecule has 5 rings (SSSR count). The van der Waals surface area contributed by atoms with Crippen LogP contribution in [0.4, 0.5) is 4.79 Å². The highest BCUT2D eigenvalue weighted by molar-refractivity contribution is 5.93. The van der Waals surface area contributed by atoms with E-state index in [0.29, 0.717) is 24.5 Å². The van der Waals surface area contributed by atoms with Crippen molar-refractivity contribution >= 4 is 23.3 Å². The van der Waals surface area contributed by atoms with E-state index in [1.807, 2.05) is 42.5 Å². The van der Waals surface area contributed by atoms with Crippen molar-refractivity contribution in [2.45, 2.75) is 25.3 Å². The Morgan fingerprint density at radius 3 is 2.88 bits per heavy atom. The molecular formula is C20H16N2O4. The molecule has 0 aliphatic carbocycles. The second-order valence-electron chi connectivity index (χ2n) is 6.60. The summed E-state index contributed by atoms with van der Waals surface area (Å²) in [4.78, 5) is 22.9. The number of nitrogens with one attached hydrogen (secondary N) is 1. The predicted molar refractivity (Wildman–Crippen MR) is 94.2 cm³/mol. The lowest BCUT2D eigenvalue weighted by Crippen LogP contribution is -2.27. The van der Waals surface area contributed by atoms with Gasteiger partial charge in [-0.1, -0.05) is 30.3 Å². The van der Waals surface area contributed by atoms with Crippen molar-refractivity contribution in [3.8, 4) is 5.75 Å². The molecule has 2 aromatic carbocycles. The topological polar surface area (TPSA) is 69.6 Å². The van der Waals surface area contributed by atoms with Crippen LogP contribution in [-0.2, 0) is 17.9 Å². The molecule has 6 heteroatoms. The van der Waals surface area contributed by atoms with Gasteiger partial charge in [-0.05, 0) is 23.8 Å². The first-order valence-electron chi connectivity index (χ1n) is 8.49. The standard InChI is InChI=1S/C20H16N2O4/c23-10-13-6-16-14(18(7-13)25-11-12-4-2-1-3-5-12)8-17-19-15(9-22(16)17)21-20(24)26-19/h1-8,10,15,19H,9,11H2,(H,21,24)/t15-,19-/m0/s1. The average molecular weight is 348 g/mol. The lowest BCUT2D eigenvalue weighted by atomic mass is 10.1. The molecule has 1 saturated heterocycles. The van der Waals surface area contributed by atoms with E-state index in [1.54, 1.807) is 6.07 Å². The smallest absolute Gasteiger partial charge is 0.408 e. The van der Waals surface area contributed by atoms with E-state index in [4.69, 9.17) is 9.47 Å². The van der Waals surface area contributed by atoms with Gasteiger partial charge in [-0.25, -0.2) is 4.79 Å². The SMILES string of the molecule is O=Cc1cc(OCc2ccccc2)c2cc3n(c2c1)C[C@@H]1NC(=O)O[C@H]31.